The fourth-order valence-corrected chi connectivity index (χ4v) is 2.05. The van der Waals surface area contributed by atoms with Crippen LogP contribution in [-0.4, -0.2) is 18.0 Å². The van der Waals surface area contributed by atoms with Gasteiger partial charge in [-0.05, 0) is 12.0 Å². The summed E-state index contributed by atoms with van der Waals surface area (Å²) in [6.07, 6.45) is 10.7. The van der Waals surface area contributed by atoms with E-state index < -0.39 is 24.0 Å². The molecule has 5 nitrogen and oxygen atoms in total. The van der Waals surface area contributed by atoms with Gasteiger partial charge in [-0.3, -0.25) is 4.79 Å². The summed E-state index contributed by atoms with van der Waals surface area (Å²) in [4.78, 5) is 23.2. The molecule has 0 aliphatic heterocycles. The van der Waals surface area contributed by atoms with Gasteiger partial charge in [-0.1, -0.05) is 30.3 Å². The number of alkyl carbamates (subject to hydrolysis) is 1. The number of nitrogens with one attached hydrogen (secondary N) is 1. The van der Waals surface area contributed by atoms with Gasteiger partial charge in [0.15, 0.2) is 0 Å². The zero-order valence-electron chi connectivity index (χ0n) is 12.8. The SMILES string of the molecule is C#CCC(CC(CC#C)C(N)=O)NC(=O)OCc1ccccc1. The zero-order chi connectivity index (χ0) is 17.1. The van der Waals surface area contributed by atoms with E-state index in [2.05, 4.69) is 17.2 Å². The van der Waals surface area contributed by atoms with Crippen LogP contribution in [0.25, 0.3) is 0 Å². The summed E-state index contributed by atoms with van der Waals surface area (Å²) in [5.74, 6) is 3.82. The highest BCUT2D eigenvalue weighted by Crippen LogP contribution is 2.13. The number of rotatable bonds is 8. The third kappa shape index (κ3) is 7.06. The summed E-state index contributed by atoms with van der Waals surface area (Å²) in [6.45, 7) is 0.152. The second kappa shape index (κ2) is 9.92. The lowest BCUT2D eigenvalue weighted by Crippen LogP contribution is -2.38. The summed E-state index contributed by atoms with van der Waals surface area (Å²) in [7, 11) is 0. The minimum Gasteiger partial charge on any atom is -0.445 e. The van der Waals surface area contributed by atoms with Gasteiger partial charge in [-0.25, -0.2) is 4.79 Å². The van der Waals surface area contributed by atoms with Crippen LogP contribution < -0.4 is 11.1 Å². The van der Waals surface area contributed by atoms with Crippen molar-refractivity contribution < 1.29 is 14.3 Å². The van der Waals surface area contributed by atoms with Crippen molar-refractivity contribution in [1.29, 1.82) is 0 Å². The Kier molecular flexibility index (Phi) is 7.82. The highest BCUT2D eigenvalue weighted by molar-refractivity contribution is 5.77. The quantitative estimate of drug-likeness (QED) is 0.718. The van der Waals surface area contributed by atoms with Crippen LogP contribution in [0.15, 0.2) is 30.3 Å². The fourth-order valence-electron chi connectivity index (χ4n) is 2.05. The molecule has 2 unspecified atom stereocenters. The maximum atomic E-state index is 11.9. The highest BCUT2D eigenvalue weighted by Gasteiger charge is 2.21. The monoisotopic (exact) mass is 312 g/mol. The molecule has 0 heterocycles. The van der Waals surface area contributed by atoms with Crippen molar-refractivity contribution in [3.63, 3.8) is 0 Å². The summed E-state index contributed by atoms with van der Waals surface area (Å²) >= 11 is 0. The van der Waals surface area contributed by atoms with E-state index in [4.69, 9.17) is 23.3 Å². The Bertz CT molecular complexity index is 599. The number of terminal acetylenes is 2. The molecule has 0 bridgehead atoms. The molecule has 0 fully saturated rings. The van der Waals surface area contributed by atoms with Crippen LogP contribution in [0.1, 0.15) is 24.8 Å². The lowest BCUT2D eigenvalue weighted by molar-refractivity contribution is -0.122. The van der Waals surface area contributed by atoms with Crippen molar-refractivity contribution >= 4 is 12.0 Å². The smallest absolute Gasteiger partial charge is 0.407 e. The van der Waals surface area contributed by atoms with Crippen LogP contribution in [0.5, 0.6) is 0 Å². The van der Waals surface area contributed by atoms with Gasteiger partial charge in [-0.2, -0.15) is 0 Å². The van der Waals surface area contributed by atoms with E-state index in [9.17, 15) is 9.59 Å². The molecule has 1 rings (SSSR count). The van der Waals surface area contributed by atoms with E-state index in [0.717, 1.165) is 5.56 Å². The second-order valence-electron chi connectivity index (χ2n) is 5.05. The molecule has 0 radical (unpaired) electrons. The minimum atomic E-state index is -0.599. The fraction of sp³-hybridized carbons (Fsp3) is 0.333. The number of benzene rings is 1. The van der Waals surface area contributed by atoms with Crippen LogP contribution in [0, 0.1) is 30.6 Å². The van der Waals surface area contributed by atoms with E-state index in [1.165, 1.54) is 0 Å². The van der Waals surface area contributed by atoms with Crippen LogP contribution in [0.4, 0.5) is 4.79 Å². The number of ether oxygens (including phenoxy) is 1. The number of hydrogen-bond donors (Lipinski definition) is 2. The van der Waals surface area contributed by atoms with Crippen LogP contribution in [0.3, 0.4) is 0 Å². The molecule has 0 aliphatic rings. The molecule has 1 aromatic carbocycles. The molecule has 3 N–H and O–H groups in total. The number of amides is 2. The minimum absolute atomic E-state index is 0.152. The van der Waals surface area contributed by atoms with Crippen molar-refractivity contribution in [2.24, 2.45) is 11.7 Å². The molecule has 1 aromatic rings. The molecule has 2 amide bonds. The number of nitrogens with two attached hydrogens (primary N) is 1. The van der Waals surface area contributed by atoms with Gasteiger partial charge in [0, 0.05) is 18.9 Å². The molecule has 0 aromatic heterocycles. The van der Waals surface area contributed by atoms with E-state index in [1.807, 2.05) is 30.3 Å². The van der Waals surface area contributed by atoms with Gasteiger partial charge in [0.2, 0.25) is 5.91 Å². The van der Waals surface area contributed by atoms with Crippen molar-refractivity contribution in [2.45, 2.75) is 31.9 Å². The molecule has 0 spiro atoms. The van der Waals surface area contributed by atoms with Gasteiger partial charge >= 0.3 is 6.09 Å². The standard InChI is InChI=1S/C18H20N2O3/c1-3-8-15(17(19)21)12-16(9-4-2)20-18(22)23-13-14-10-6-5-7-11-14/h1-2,5-7,10-11,15-16H,8-9,12-13H2,(H2,19,21)(H,20,22). The normalized spacial score (nSPS) is 12.3. The molecule has 5 heteroatoms. The van der Waals surface area contributed by atoms with Crippen molar-refractivity contribution in [3.05, 3.63) is 35.9 Å². The van der Waals surface area contributed by atoms with E-state index in [1.54, 1.807) is 0 Å². The Morgan fingerprint density at radius 1 is 1.17 bits per heavy atom. The van der Waals surface area contributed by atoms with Gasteiger partial charge in [0.1, 0.15) is 6.61 Å². The first-order chi connectivity index (χ1) is 11.1. The molecule has 0 aliphatic carbocycles. The molecule has 0 saturated heterocycles. The number of carbonyl (C=O) groups is 2. The maximum Gasteiger partial charge on any atom is 0.407 e. The van der Waals surface area contributed by atoms with E-state index in [0.29, 0.717) is 0 Å². The first-order valence-electron chi connectivity index (χ1n) is 7.20. The predicted molar refractivity (Wildman–Crippen MR) is 87.8 cm³/mol. The first kappa shape index (κ1) is 18.1. The van der Waals surface area contributed by atoms with Gasteiger partial charge < -0.3 is 15.8 Å². The lowest BCUT2D eigenvalue weighted by Gasteiger charge is -2.20. The first-order valence-corrected chi connectivity index (χ1v) is 7.20. The van der Waals surface area contributed by atoms with Gasteiger partial charge in [0.05, 0.1) is 5.92 Å². The maximum absolute atomic E-state index is 11.9. The Morgan fingerprint density at radius 3 is 2.39 bits per heavy atom. The average Bonchev–Trinajstić information content (AvgIpc) is 2.53. The van der Waals surface area contributed by atoms with Crippen LogP contribution in [-0.2, 0) is 16.1 Å². The van der Waals surface area contributed by atoms with E-state index in [-0.39, 0.29) is 25.9 Å². The second-order valence-corrected chi connectivity index (χ2v) is 5.05. The predicted octanol–water partition coefficient (Wildman–Crippen LogP) is 1.82. The summed E-state index contributed by atoms with van der Waals surface area (Å²) in [5.41, 5.74) is 6.18. The average molecular weight is 312 g/mol. The summed E-state index contributed by atoms with van der Waals surface area (Å²) < 4.78 is 5.13. The topological polar surface area (TPSA) is 81.4 Å². The molecule has 120 valence electrons. The Hall–Kier alpha value is -2.92. The van der Waals surface area contributed by atoms with Crippen molar-refractivity contribution in [3.8, 4) is 24.7 Å². The zero-order valence-corrected chi connectivity index (χ0v) is 12.8. The summed E-state index contributed by atoms with van der Waals surface area (Å²) in [6, 6.07) is 8.87. The van der Waals surface area contributed by atoms with E-state index >= 15 is 0 Å². The number of carbonyl (C=O) groups excluding carboxylic acids is 2. The van der Waals surface area contributed by atoms with Gasteiger partial charge in [0.25, 0.3) is 0 Å². The molecular weight excluding hydrogens is 292 g/mol. The number of primary amides is 1. The van der Waals surface area contributed by atoms with Gasteiger partial charge in [-0.15, -0.1) is 24.7 Å². The third-order valence-corrected chi connectivity index (χ3v) is 3.23. The lowest BCUT2D eigenvalue weighted by atomic mass is 9.94. The molecule has 0 saturated carbocycles. The van der Waals surface area contributed by atoms with Crippen LogP contribution in [0.2, 0.25) is 0 Å². The molecule has 2 atom stereocenters. The largest absolute Gasteiger partial charge is 0.445 e. The number of hydrogen-bond acceptors (Lipinski definition) is 3. The van der Waals surface area contributed by atoms with Crippen molar-refractivity contribution in [1.82, 2.24) is 5.32 Å². The molecule has 23 heavy (non-hydrogen) atoms. The summed E-state index contributed by atoms with van der Waals surface area (Å²) in [5, 5.41) is 2.65. The highest BCUT2D eigenvalue weighted by atomic mass is 16.5. The Balaban J connectivity index is 2.54. The Morgan fingerprint density at radius 2 is 1.83 bits per heavy atom. The molecular formula is C18H20N2O3. The third-order valence-electron chi connectivity index (χ3n) is 3.23. The Labute approximate surface area is 136 Å². The van der Waals surface area contributed by atoms with Crippen LogP contribution >= 0.6 is 0 Å². The van der Waals surface area contributed by atoms with Crippen molar-refractivity contribution in [2.75, 3.05) is 0 Å².